The van der Waals surface area contributed by atoms with Crippen LogP contribution in [0.3, 0.4) is 0 Å². The molecule has 1 aliphatic heterocycles. The van der Waals surface area contributed by atoms with Gasteiger partial charge >= 0.3 is 5.63 Å². The highest BCUT2D eigenvalue weighted by atomic mass is 32.2. The number of rotatable bonds is 2. The summed E-state index contributed by atoms with van der Waals surface area (Å²) in [4.78, 5) is 15.4. The molecule has 0 saturated heterocycles. The van der Waals surface area contributed by atoms with E-state index in [0.29, 0.717) is 29.9 Å². The van der Waals surface area contributed by atoms with E-state index in [1.54, 1.807) is 13.0 Å². The van der Waals surface area contributed by atoms with E-state index in [9.17, 15) is 13.2 Å². The molecule has 1 aromatic carbocycles. The van der Waals surface area contributed by atoms with Crippen molar-refractivity contribution in [2.45, 2.75) is 11.8 Å². The first-order valence-electron chi connectivity index (χ1n) is 6.06. The van der Waals surface area contributed by atoms with E-state index in [1.807, 2.05) is 0 Å². The first-order chi connectivity index (χ1) is 9.48. The van der Waals surface area contributed by atoms with Gasteiger partial charge in [-0.1, -0.05) is 0 Å². The molecule has 2 aromatic rings. The maximum absolute atomic E-state index is 12.5. The molecule has 3 rings (SSSR count). The molecule has 0 bridgehead atoms. The van der Waals surface area contributed by atoms with Crippen molar-refractivity contribution >= 4 is 26.8 Å². The summed E-state index contributed by atoms with van der Waals surface area (Å²) in [5.41, 5.74) is -0.0983. The van der Waals surface area contributed by atoms with E-state index in [-0.39, 0.29) is 4.90 Å². The Labute approximate surface area is 115 Å². The van der Waals surface area contributed by atoms with Crippen molar-refractivity contribution in [2.24, 2.45) is 4.99 Å². The summed E-state index contributed by atoms with van der Waals surface area (Å²) in [7, 11) is -3.61. The smallest absolute Gasteiger partial charge is 0.336 e. The molecular formula is C13H12N2O4S. The van der Waals surface area contributed by atoms with Crippen LogP contribution in [0.2, 0.25) is 0 Å². The first-order valence-corrected chi connectivity index (χ1v) is 7.50. The van der Waals surface area contributed by atoms with Crippen molar-refractivity contribution in [2.75, 3.05) is 13.1 Å². The van der Waals surface area contributed by atoms with E-state index in [2.05, 4.69) is 4.99 Å². The molecule has 0 radical (unpaired) electrons. The number of amidine groups is 1. The Kier molecular flexibility index (Phi) is 2.86. The second kappa shape index (κ2) is 4.45. The molecule has 0 fully saturated rings. The van der Waals surface area contributed by atoms with Crippen molar-refractivity contribution in [3.05, 3.63) is 40.8 Å². The lowest BCUT2D eigenvalue weighted by Gasteiger charge is -2.18. The van der Waals surface area contributed by atoms with Crippen LogP contribution in [0.15, 0.2) is 49.4 Å². The Morgan fingerprint density at radius 1 is 1.25 bits per heavy atom. The lowest BCUT2D eigenvalue weighted by molar-refractivity contribution is 0.537. The van der Waals surface area contributed by atoms with Crippen molar-refractivity contribution in [3.63, 3.8) is 0 Å². The van der Waals surface area contributed by atoms with Crippen molar-refractivity contribution in [1.82, 2.24) is 4.31 Å². The fourth-order valence-electron chi connectivity index (χ4n) is 2.18. The largest absolute Gasteiger partial charge is 0.423 e. The third kappa shape index (κ3) is 2.00. The third-order valence-electron chi connectivity index (χ3n) is 3.18. The van der Waals surface area contributed by atoms with Gasteiger partial charge < -0.3 is 4.42 Å². The number of fused-ring (bicyclic) bond motifs is 1. The summed E-state index contributed by atoms with van der Waals surface area (Å²) in [5.74, 6) is 0.490. The van der Waals surface area contributed by atoms with Gasteiger partial charge in [-0.25, -0.2) is 13.2 Å². The molecule has 6 nitrogen and oxygen atoms in total. The Bertz CT molecular complexity index is 867. The Morgan fingerprint density at radius 2 is 2.05 bits per heavy atom. The monoisotopic (exact) mass is 292 g/mol. The Hall–Kier alpha value is -2.15. The highest BCUT2D eigenvalue weighted by Gasteiger charge is 2.28. The Balaban J connectivity index is 2.12. The van der Waals surface area contributed by atoms with Gasteiger partial charge in [-0.2, -0.15) is 0 Å². The average Bonchev–Trinajstić information content (AvgIpc) is 2.85. The van der Waals surface area contributed by atoms with Gasteiger partial charge in [0.2, 0.25) is 0 Å². The van der Waals surface area contributed by atoms with E-state index in [1.165, 1.54) is 28.6 Å². The van der Waals surface area contributed by atoms with Crippen molar-refractivity contribution < 1.29 is 12.8 Å². The number of benzene rings is 1. The van der Waals surface area contributed by atoms with Crippen LogP contribution in [0.5, 0.6) is 0 Å². The predicted octanol–water partition coefficient (Wildman–Crippen LogP) is 1.22. The predicted molar refractivity (Wildman–Crippen MR) is 74.4 cm³/mol. The number of nitrogens with zero attached hydrogens (tertiary/aromatic N) is 2. The molecule has 0 amide bonds. The van der Waals surface area contributed by atoms with Gasteiger partial charge in [0.25, 0.3) is 10.0 Å². The minimum atomic E-state index is -3.61. The molecule has 7 heteroatoms. The maximum Gasteiger partial charge on any atom is 0.336 e. The molecule has 0 saturated carbocycles. The molecule has 1 aromatic heterocycles. The number of hydrogen-bond donors (Lipinski definition) is 0. The van der Waals surface area contributed by atoms with Crippen LogP contribution in [0.25, 0.3) is 11.0 Å². The summed E-state index contributed by atoms with van der Waals surface area (Å²) in [5, 5.41) is 0.569. The standard InChI is InChI=1S/C13H12N2O4S/c1-9-14-6-7-15(9)20(17,18)11-3-4-12-10(8-11)2-5-13(16)19-12/h2-5,8H,6-7H2,1H3. The van der Waals surface area contributed by atoms with E-state index < -0.39 is 15.6 Å². The third-order valence-corrected chi connectivity index (χ3v) is 5.06. The van der Waals surface area contributed by atoms with Gasteiger partial charge in [-0.3, -0.25) is 9.30 Å². The van der Waals surface area contributed by atoms with Gasteiger partial charge in [0, 0.05) is 11.5 Å². The Morgan fingerprint density at radius 3 is 2.75 bits per heavy atom. The van der Waals surface area contributed by atoms with E-state index >= 15 is 0 Å². The highest BCUT2D eigenvalue weighted by molar-refractivity contribution is 7.89. The minimum Gasteiger partial charge on any atom is -0.423 e. The molecule has 0 spiro atoms. The highest BCUT2D eigenvalue weighted by Crippen LogP contribution is 2.22. The molecule has 104 valence electrons. The minimum absolute atomic E-state index is 0.162. The lowest BCUT2D eigenvalue weighted by Crippen LogP contribution is -2.32. The molecule has 0 atom stereocenters. The van der Waals surface area contributed by atoms with Crippen molar-refractivity contribution in [3.8, 4) is 0 Å². The van der Waals surface area contributed by atoms with Gasteiger partial charge in [-0.15, -0.1) is 0 Å². The molecule has 20 heavy (non-hydrogen) atoms. The molecule has 0 N–H and O–H groups in total. The second-order valence-corrected chi connectivity index (χ2v) is 6.32. The zero-order valence-corrected chi connectivity index (χ0v) is 11.6. The molecule has 2 heterocycles. The van der Waals surface area contributed by atoms with Gasteiger partial charge in [0.1, 0.15) is 11.4 Å². The average molecular weight is 292 g/mol. The molecule has 1 aliphatic rings. The SMILES string of the molecule is CC1=NCCN1S(=O)(=O)c1ccc2oc(=O)ccc2c1. The number of hydrogen-bond acceptors (Lipinski definition) is 5. The second-order valence-electron chi connectivity index (χ2n) is 4.46. The van der Waals surface area contributed by atoms with Crippen LogP contribution in [-0.4, -0.2) is 31.6 Å². The fourth-order valence-corrected chi connectivity index (χ4v) is 3.67. The summed E-state index contributed by atoms with van der Waals surface area (Å²) in [6.45, 7) is 2.51. The zero-order chi connectivity index (χ0) is 14.3. The first kappa shape index (κ1) is 12.9. The van der Waals surface area contributed by atoms with Crippen LogP contribution in [0, 0.1) is 0 Å². The molecule has 0 unspecified atom stereocenters. The van der Waals surface area contributed by atoms with Gasteiger partial charge in [-0.05, 0) is 31.2 Å². The normalized spacial score (nSPS) is 15.7. The quantitative estimate of drug-likeness (QED) is 0.779. The number of sulfonamides is 1. The zero-order valence-electron chi connectivity index (χ0n) is 10.7. The van der Waals surface area contributed by atoms with Crippen LogP contribution in [-0.2, 0) is 10.0 Å². The van der Waals surface area contributed by atoms with Crippen molar-refractivity contribution in [1.29, 1.82) is 0 Å². The topological polar surface area (TPSA) is 80.0 Å². The summed E-state index contributed by atoms with van der Waals surface area (Å²) < 4.78 is 31.3. The number of aliphatic imine (C=N–C) groups is 1. The summed E-state index contributed by atoms with van der Waals surface area (Å²) in [6.07, 6.45) is 0. The van der Waals surface area contributed by atoms with Crippen LogP contribution < -0.4 is 5.63 Å². The van der Waals surface area contributed by atoms with E-state index in [4.69, 9.17) is 4.42 Å². The summed E-state index contributed by atoms with van der Waals surface area (Å²) >= 11 is 0. The molecular weight excluding hydrogens is 280 g/mol. The van der Waals surface area contributed by atoms with Crippen LogP contribution in [0.4, 0.5) is 0 Å². The lowest BCUT2D eigenvalue weighted by atomic mass is 10.2. The maximum atomic E-state index is 12.5. The van der Waals surface area contributed by atoms with Gasteiger partial charge in [0.05, 0.1) is 18.0 Å². The summed E-state index contributed by atoms with van der Waals surface area (Å²) in [6, 6.07) is 7.24. The van der Waals surface area contributed by atoms with Crippen LogP contribution >= 0.6 is 0 Å². The van der Waals surface area contributed by atoms with Crippen LogP contribution in [0.1, 0.15) is 6.92 Å². The van der Waals surface area contributed by atoms with Gasteiger partial charge in [0.15, 0.2) is 0 Å². The van der Waals surface area contributed by atoms with E-state index in [0.717, 1.165) is 0 Å². The molecule has 0 aliphatic carbocycles. The fraction of sp³-hybridized carbons (Fsp3) is 0.231.